The zero-order valence-electron chi connectivity index (χ0n) is 17.6. The Bertz CT molecular complexity index is 796. The third kappa shape index (κ3) is 7.46. The third-order valence-corrected chi connectivity index (χ3v) is 5.41. The van der Waals surface area contributed by atoms with E-state index in [1.165, 1.54) is 5.56 Å². The van der Waals surface area contributed by atoms with Crippen molar-refractivity contribution in [2.45, 2.75) is 45.2 Å². The number of ether oxygens (including phenoxy) is 1. The number of carbonyl (C=O) groups excluding carboxylic acids is 2. The largest absolute Gasteiger partial charge is 0.497 e. The molecule has 0 aliphatic carbocycles. The zero-order valence-corrected chi connectivity index (χ0v) is 18.4. The van der Waals surface area contributed by atoms with E-state index in [2.05, 4.69) is 5.32 Å². The summed E-state index contributed by atoms with van der Waals surface area (Å²) < 4.78 is 5.28. The predicted octanol–water partition coefficient (Wildman–Crippen LogP) is 3.87. The Kier molecular flexibility index (Phi) is 9.06. The summed E-state index contributed by atoms with van der Waals surface area (Å²) >= 11 is 1.56. The van der Waals surface area contributed by atoms with Crippen LogP contribution in [0.5, 0.6) is 5.75 Å². The van der Waals surface area contributed by atoms with Crippen molar-refractivity contribution in [2.75, 3.05) is 12.9 Å². The summed E-state index contributed by atoms with van der Waals surface area (Å²) in [4.78, 5) is 27.2. The Labute approximate surface area is 177 Å². The second-order valence-corrected chi connectivity index (χ2v) is 8.18. The van der Waals surface area contributed by atoms with Crippen molar-refractivity contribution < 1.29 is 14.3 Å². The molecule has 0 aliphatic heterocycles. The molecule has 2 aromatic rings. The van der Waals surface area contributed by atoms with E-state index in [-0.39, 0.29) is 17.9 Å². The van der Waals surface area contributed by atoms with Crippen LogP contribution in [0.1, 0.15) is 31.9 Å². The summed E-state index contributed by atoms with van der Waals surface area (Å²) in [7, 11) is 1.61. The minimum atomic E-state index is -0.562. The zero-order chi connectivity index (χ0) is 21.2. The number of amides is 2. The molecule has 6 heteroatoms. The van der Waals surface area contributed by atoms with Crippen molar-refractivity contribution >= 4 is 23.6 Å². The van der Waals surface area contributed by atoms with Crippen molar-refractivity contribution in [2.24, 2.45) is 0 Å². The van der Waals surface area contributed by atoms with Gasteiger partial charge in [-0.25, -0.2) is 0 Å². The van der Waals surface area contributed by atoms with Gasteiger partial charge in [0.1, 0.15) is 11.8 Å². The molecule has 2 amide bonds. The fourth-order valence-corrected chi connectivity index (χ4v) is 3.74. The molecule has 2 rings (SSSR count). The average molecular weight is 415 g/mol. The Balaban J connectivity index is 2.09. The normalized spacial score (nSPS) is 11.8. The van der Waals surface area contributed by atoms with Gasteiger partial charge in [0.15, 0.2) is 0 Å². The number of rotatable bonds is 10. The molecule has 0 bridgehead atoms. The van der Waals surface area contributed by atoms with E-state index in [1.54, 1.807) is 30.7 Å². The molecule has 0 aromatic heterocycles. The molecule has 0 radical (unpaired) electrons. The van der Waals surface area contributed by atoms with Crippen LogP contribution in [0.2, 0.25) is 0 Å². The first kappa shape index (κ1) is 22.8. The molecule has 0 saturated carbocycles. The summed E-state index contributed by atoms with van der Waals surface area (Å²) in [6, 6.07) is 17.1. The standard InChI is InChI=1S/C23H30N2O3S/c1-17(2)24-23(27)18(3)25(14-20-11-8-12-21(13-20)28-4)22(26)16-29-15-19-9-6-5-7-10-19/h5-13,17-18H,14-16H2,1-4H3,(H,24,27). The van der Waals surface area contributed by atoms with Crippen LogP contribution in [-0.4, -0.2) is 41.7 Å². The number of hydrogen-bond acceptors (Lipinski definition) is 4. The molecule has 1 unspecified atom stereocenters. The maximum atomic E-state index is 13.0. The molecule has 1 N–H and O–H groups in total. The first-order valence-electron chi connectivity index (χ1n) is 9.75. The van der Waals surface area contributed by atoms with Gasteiger partial charge >= 0.3 is 0 Å². The van der Waals surface area contributed by atoms with Crippen molar-refractivity contribution in [1.82, 2.24) is 10.2 Å². The number of hydrogen-bond donors (Lipinski definition) is 1. The highest BCUT2D eigenvalue weighted by Gasteiger charge is 2.26. The lowest BCUT2D eigenvalue weighted by molar-refractivity contribution is -0.138. The Morgan fingerprint density at radius 1 is 1.03 bits per heavy atom. The molecule has 0 aliphatic rings. The van der Waals surface area contributed by atoms with E-state index in [0.717, 1.165) is 17.1 Å². The topological polar surface area (TPSA) is 58.6 Å². The van der Waals surface area contributed by atoms with Crippen molar-refractivity contribution in [3.05, 3.63) is 65.7 Å². The second-order valence-electron chi connectivity index (χ2n) is 7.19. The van der Waals surface area contributed by atoms with Crippen LogP contribution in [0.15, 0.2) is 54.6 Å². The molecule has 0 fully saturated rings. The van der Waals surface area contributed by atoms with Gasteiger partial charge in [0.2, 0.25) is 11.8 Å². The predicted molar refractivity (Wildman–Crippen MR) is 119 cm³/mol. The Morgan fingerprint density at radius 2 is 1.72 bits per heavy atom. The van der Waals surface area contributed by atoms with E-state index >= 15 is 0 Å². The van der Waals surface area contributed by atoms with Gasteiger partial charge in [-0.05, 0) is 44.0 Å². The van der Waals surface area contributed by atoms with Gasteiger partial charge in [-0.2, -0.15) is 0 Å². The first-order valence-corrected chi connectivity index (χ1v) is 10.9. The number of thioether (sulfide) groups is 1. The Hall–Kier alpha value is -2.47. The fourth-order valence-electron chi connectivity index (χ4n) is 2.87. The van der Waals surface area contributed by atoms with E-state index in [0.29, 0.717) is 12.3 Å². The maximum absolute atomic E-state index is 13.0. The number of nitrogens with zero attached hydrogens (tertiary/aromatic N) is 1. The molecule has 0 spiro atoms. The molecule has 0 saturated heterocycles. The van der Waals surface area contributed by atoms with Crippen molar-refractivity contribution in [1.29, 1.82) is 0 Å². The van der Waals surface area contributed by atoms with E-state index in [4.69, 9.17) is 4.74 Å². The van der Waals surface area contributed by atoms with Crippen LogP contribution in [0.4, 0.5) is 0 Å². The second kappa shape index (κ2) is 11.5. The van der Waals surface area contributed by atoms with Gasteiger partial charge in [-0.3, -0.25) is 9.59 Å². The van der Waals surface area contributed by atoms with Gasteiger partial charge in [0, 0.05) is 18.3 Å². The summed E-state index contributed by atoms with van der Waals surface area (Å²) in [5, 5.41) is 2.90. The highest BCUT2D eigenvalue weighted by Crippen LogP contribution is 2.18. The lowest BCUT2D eigenvalue weighted by atomic mass is 10.1. The van der Waals surface area contributed by atoms with E-state index in [9.17, 15) is 9.59 Å². The quantitative estimate of drug-likeness (QED) is 0.641. The Morgan fingerprint density at radius 3 is 2.38 bits per heavy atom. The highest BCUT2D eigenvalue weighted by atomic mass is 32.2. The molecular formula is C23H30N2O3S. The number of benzene rings is 2. The lowest BCUT2D eigenvalue weighted by Gasteiger charge is -2.29. The van der Waals surface area contributed by atoms with Crippen molar-refractivity contribution in [3.63, 3.8) is 0 Å². The van der Waals surface area contributed by atoms with Gasteiger partial charge in [-0.1, -0.05) is 42.5 Å². The molecule has 0 heterocycles. The van der Waals surface area contributed by atoms with Crippen LogP contribution in [-0.2, 0) is 21.9 Å². The van der Waals surface area contributed by atoms with Crippen LogP contribution < -0.4 is 10.1 Å². The molecular weight excluding hydrogens is 384 g/mol. The van der Waals surface area contributed by atoms with Crippen LogP contribution in [0.3, 0.4) is 0 Å². The number of nitrogens with one attached hydrogen (secondary N) is 1. The van der Waals surface area contributed by atoms with Gasteiger partial charge < -0.3 is 15.0 Å². The molecule has 2 aromatic carbocycles. The summed E-state index contributed by atoms with van der Waals surface area (Å²) in [6.45, 7) is 5.95. The molecule has 29 heavy (non-hydrogen) atoms. The highest BCUT2D eigenvalue weighted by molar-refractivity contribution is 7.99. The van der Waals surface area contributed by atoms with E-state index in [1.807, 2.05) is 68.4 Å². The summed E-state index contributed by atoms with van der Waals surface area (Å²) in [5.74, 6) is 1.60. The molecule has 5 nitrogen and oxygen atoms in total. The van der Waals surface area contributed by atoms with Crippen LogP contribution >= 0.6 is 11.8 Å². The fraction of sp³-hybridized carbons (Fsp3) is 0.391. The van der Waals surface area contributed by atoms with Crippen LogP contribution in [0.25, 0.3) is 0 Å². The monoisotopic (exact) mass is 414 g/mol. The maximum Gasteiger partial charge on any atom is 0.242 e. The van der Waals surface area contributed by atoms with E-state index < -0.39 is 6.04 Å². The average Bonchev–Trinajstić information content (AvgIpc) is 2.71. The number of carbonyl (C=O) groups is 2. The first-order chi connectivity index (χ1) is 13.9. The van der Waals surface area contributed by atoms with Gasteiger partial charge in [0.05, 0.1) is 12.9 Å². The minimum Gasteiger partial charge on any atom is -0.497 e. The van der Waals surface area contributed by atoms with Gasteiger partial charge in [-0.15, -0.1) is 11.8 Å². The summed E-state index contributed by atoms with van der Waals surface area (Å²) in [5.41, 5.74) is 2.10. The SMILES string of the molecule is COc1cccc(CN(C(=O)CSCc2ccccc2)C(C)C(=O)NC(C)C)c1. The van der Waals surface area contributed by atoms with Crippen LogP contribution in [0, 0.1) is 0 Å². The third-order valence-electron chi connectivity index (χ3n) is 4.42. The molecule has 1 atom stereocenters. The lowest BCUT2D eigenvalue weighted by Crippen LogP contribution is -2.49. The molecule has 156 valence electrons. The smallest absolute Gasteiger partial charge is 0.242 e. The minimum absolute atomic E-state index is 0.0196. The summed E-state index contributed by atoms with van der Waals surface area (Å²) in [6.07, 6.45) is 0. The van der Waals surface area contributed by atoms with Gasteiger partial charge in [0.25, 0.3) is 0 Å². The number of methoxy groups -OCH3 is 1. The van der Waals surface area contributed by atoms with Crippen molar-refractivity contribution in [3.8, 4) is 5.75 Å².